The zero-order valence-corrected chi connectivity index (χ0v) is 13.6. The monoisotopic (exact) mass is 314 g/mol. The minimum Gasteiger partial charge on any atom is -0.493 e. The molecule has 0 aromatic heterocycles. The van der Waals surface area contributed by atoms with Gasteiger partial charge in [-0.1, -0.05) is 30.3 Å². The van der Waals surface area contributed by atoms with Gasteiger partial charge in [0.2, 0.25) is 0 Å². The van der Waals surface area contributed by atoms with Crippen molar-refractivity contribution in [3.8, 4) is 11.5 Å². The molecule has 0 radical (unpaired) electrons. The van der Waals surface area contributed by atoms with Crippen molar-refractivity contribution in [2.75, 3.05) is 20.8 Å². The minimum absolute atomic E-state index is 0.185. The van der Waals surface area contributed by atoms with Crippen LogP contribution in [0, 0.1) is 6.92 Å². The summed E-state index contributed by atoms with van der Waals surface area (Å²) in [5, 5.41) is 2.87. The largest absolute Gasteiger partial charge is 0.493 e. The third kappa shape index (κ3) is 4.02. The van der Waals surface area contributed by atoms with Crippen molar-refractivity contribution in [1.29, 1.82) is 0 Å². The fourth-order valence-corrected chi connectivity index (χ4v) is 2.34. The number of nitrogens with one attached hydrogen (secondary N) is 1. The molecule has 0 fully saturated rings. The molecule has 1 unspecified atom stereocenters. The van der Waals surface area contributed by atoms with Crippen LogP contribution in [0.4, 0.5) is 0 Å². The molecule has 0 aliphatic heterocycles. The van der Waals surface area contributed by atoms with E-state index in [-0.39, 0.29) is 11.9 Å². The Kier molecular flexibility index (Phi) is 5.60. The van der Waals surface area contributed by atoms with E-state index in [9.17, 15) is 4.79 Å². The van der Waals surface area contributed by atoms with E-state index in [1.807, 2.05) is 37.3 Å². The molecule has 5 heteroatoms. The zero-order valence-electron chi connectivity index (χ0n) is 13.6. The number of aryl methyl sites for hydroxylation is 1. The first-order valence-electron chi connectivity index (χ1n) is 7.38. The van der Waals surface area contributed by atoms with Gasteiger partial charge >= 0.3 is 0 Å². The van der Waals surface area contributed by atoms with Gasteiger partial charge in [-0.05, 0) is 30.2 Å². The summed E-state index contributed by atoms with van der Waals surface area (Å²) in [7, 11) is 3.11. The maximum Gasteiger partial charge on any atom is 0.251 e. The van der Waals surface area contributed by atoms with E-state index in [0.29, 0.717) is 23.6 Å². The Hall–Kier alpha value is -2.53. The number of hydrogen-bond acceptors (Lipinski definition) is 4. The van der Waals surface area contributed by atoms with E-state index in [4.69, 9.17) is 15.2 Å². The van der Waals surface area contributed by atoms with Crippen molar-refractivity contribution in [2.24, 2.45) is 5.73 Å². The van der Waals surface area contributed by atoms with Gasteiger partial charge in [-0.2, -0.15) is 0 Å². The molecule has 0 spiro atoms. The summed E-state index contributed by atoms with van der Waals surface area (Å²) in [5.41, 5.74) is 8.44. The van der Waals surface area contributed by atoms with Crippen LogP contribution in [0.5, 0.6) is 11.5 Å². The van der Waals surface area contributed by atoms with Crippen LogP contribution in [0.25, 0.3) is 0 Å². The Morgan fingerprint density at radius 3 is 2.35 bits per heavy atom. The molecule has 23 heavy (non-hydrogen) atoms. The summed E-state index contributed by atoms with van der Waals surface area (Å²) in [6.07, 6.45) is 0. The quantitative estimate of drug-likeness (QED) is 0.859. The van der Waals surface area contributed by atoms with Crippen LogP contribution in [-0.4, -0.2) is 26.7 Å². The van der Waals surface area contributed by atoms with Gasteiger partial charge in [-0.3, -0.25) is 4.79 Å². The highest BCUT2D eigenvalue weighted by molar-refractivity contribution is 5.96. The first-order chi connectivity index (χ1) is 11.1. The Morgan fingerprint density at radius 2 is 1.74 bits per heavy atom. The molecule has 0 aliphatic carbocycles. The van der Waals surface area contributed by atoms with Gasteiger partial charge < -0.3 is 20.5 Å². The molecule has 5 nitrogen and oxygen atoms in total. The predicted molar refractivity (Wildman–Crippen MR) is 90.0 cm³/mol. The van der Waals surface area contributed by atoms with Gasteiger partial charge in [0, 0.05) is 18.2 Å². The van der Waals surface area contributed by atoms with Gasteiger partial charge in [0.05, 0.1) is 14.2 Å². The third-order valence-electron chi connectivity index (χ3n) is 3.69. The second-order valence-corrected chi connectivity index (χ2v) is 5.25. The highest BCUT2D eigenvalue weighted by Gasteiger charge is 2.15. The second-order valence-electron chi connectivity index (χ2n) is 5.25. The smallest absolute Gasteiger partial charge is 0.251 e. The van der Waals surface area contributed by atoms with E-state index < -0.39 is 0 Å². The number of ether oxygens (including phenoxy) is 2. The summed E-state index contributed by atoms with van der Waals surface area (Å²) in [4.78, 5) is 12.4. The molecule has 3 N–H and O–H groups in total. The molecule has 0 bridgehead atoms. The Bertz CT molecular complexity index is 671. The molecular weight excluding hydrogens is 292 g/mol. The number of amides is 1. The van der Waals surface area contributed by atoms with Crippen LogP contribution in [0.15, 0.2) is 42.5 Å². The molecule has 2 aromatic rings. The van der Waals surface area contributed by atoms with Gasteiger partial charge in [0.25, 0.3) is 5.91 Å². The summed E-state index contributed by atoms with van der Waals surface area (Å²) >= 11 is 0. The first-order valence-corrected chi connectivity index (χ1v) is 7.38. The predicted octanol–water partition coefficient (Wildman–Crippen LogP) is 2.44. The van der Waals surface area contributed by atoms with Crippen molar-refractivity contribution >= 4 is 5.91 Å². The molecular formula is C18H22N2O3. The normalized spacial score (nSPS) is 11.7. The summed E-state index contributed by atoms with van der Waals surface area (Å²) < 4.78 is 10.5. The fraction of sp³-hybridized carbons (Fsp3) is 0.278. The maximum atomic E-state index is 12.4. The number of rotatable bonds is 6. The van der Waals surface area contributed by atoms with Gasteiger partial charge in [0.1, 0.15) is 0 Å². The fourth-order valence-electron chi connectivity index (χ4n) is 2.34. The Labute approximate surface area is 136 Å². The van der Waals surface area contributed by atoms with Crippen molar-refractivity contribution in [2.45, 2.75) is 13.0 Å². The molecule has 122 valence electrons. The number of carbonyl (C=O) groups is 1. The summed E-state index contributed by atoms with van der Waals surface area (Å²) in [6.45, 7) is 2.21. The highest BCUT2D eigenvalue weighted by atomic mass is 16.5. The maximum absolute atomic E-state index is 12.4. The van der Waals surface area contributed by atoms with Crippen LogP contribution in [0.2, 0.25) is 0 Å². The summed E-state index contributed by atoms with van der Waals surface area (Å²) in [6, 6.07) is 12.9. The van der Waals surface area contributed by atoms with Crippen molar-refractivity contribution < 1.29 is 14.3 Å². The molecule has 2 rings (SSSR count). The lowest BCUT2D eigenvalue weighted by atomic mass is 10.1. The first kappa shape index (κ1) is 16.8. The van der Waals surface area contributed by atoms with Crippen molar-refractivity contribution in [3.05, 3.63) is 59.2 Å². The zero-order chi connectivity index (χ0) is 16.8. The molecule has 1 amide bonds. The minimum atomic E-state index is -0.249. The van der Waals surface area contributed by atoms with Gasteiger partial charge in [-0.15, -0.1) is 0 Å². The van der Waals surface area contributed by atoms with Crippen LogP contribution in [0.3, 0.4) is 0 Å². The average molecular weight is 314 g/mol. The SMILES string of the molecule is COc1cc(C)c(C(=O)NCC(N)c2ccccc2)cc1OC. The lowest BCUT2D eigenvalue weighted by molar-refractivity contribution is 0.0950. The number of benzene rings is 2. The topological polar surface area (TPSA) is 73.6 Å². The number of nitrogens with two attached hydrogens (primary N) is 1. The molecule has 1 atom stereocenters. The van der Waals surface area contributed by atoms with Gasteiger partial charge in [-0.25, -0.2) is 0 Å². The number of hydrogen-bond donors (Lipinski definition) is 2. The van der Waals surface area contributed by atoms with E-state index in [1.54, 1.807) is 26.4 Å². The van der Waals surface area contributed by atoms with Crippen molar-refractivity contribution in [3.63, 3.8) is 0 Å². The van der Waals surface area contributed by atoms with E-state index in [1.165, 1.54) is 0 Å². The van der Waals surface area contributed by atoms with E-state index >= 15 is 0 Å². The van der Waals surface area contributed by atoms with Crippen LogP contribution in [0.1, 0.15) is 27.5 Å². The Balaban J connectivity index is 2.09. The van der Waals surface area contributed by atoms with E-state index in [0.717, 1.165) is 11.1 Å². The molecule has 0 heterocycles. The highest BCUT2D eigenvalue weighted by Crippen LogP contribution is 2.30. The van der Waals surface area contributed by atoms with Crippen LogP contribution in [-0.2, 0) is 0 Å². The van der Waals surface area contributed by atoms with E-state index in [2.05, 4.69) is 5.32 Å². The number of carbonyl (C=O) groups excluding carboxylic acids is 1. The van der Waals surface area contributed by atoms with Gasteiger partial charge in [0.15, 0.2) is 11.5 Å². The summed E-state index contributed by atoms with van der Waals surface area (Å²) in [5.74, 6) is 0.938. The van der Waals surface area contributed by atoms with Crippen LogP contribution < -0.4 is 20.5 Å². The lowest BCUT2D eigenvalue weighted by Crippen LogP contribution is -2.32. The second kappa shape index (κ2) is 7.65. The van der Waals surface area contributed by atoms with Crippen molar-refractivity contribution in [1.82, 2.24) is 5.32 Å². The third-order valence-corrected chi connectivity index (χ3v) is 3.69. The average Bonchev–Trinajstić information content (AvgIpc) is 2.59. The molecule has 0 aliphatic rings. The lowest BCUT2D eigenvalue weighted by Gasteiger charge is -2.15. The molecule has 0 saturated heterocycles. The molecule has 2 aromatic carbocycles. The van der Waals surface area contributed by atoms with Crippen LogP contribution >= 0.6 is 0 Å². The standard InChI is InChI=1S/C18H22N2O3/c1-12-9-16(22-2)17(23-3)10-14(12)18(21)20-11-15(19)13-7-5-4-6-8-13/h4-10,15H,11,19H2,1-3H3,(H,20,21). The number of methoxy groups -OCH3 is 2. The molecule has 0 saturated carbocycles. The Morgan fingerprint density at radius 1 is 1.13 bits per heavy atom.